The van der Waals surface area contributed by atoms with Crippen molar-refractivity contribution in [2.45, 2.75) is 25.8 Å². The van der Waals surface area contributed by atoms with Gasteiger partial charge in [-0.2, -0.15) is 0 Å². The van der Waals surface area contributed by atoms with Crippen molar-refractivity contribution in [3.8, 4) is 0 Å². The molecule has 0 aliphatic rings. The van der Waals surface area contributed by atoms with Crippen LogP contribution >= 0.6 is 15.9 Å². The van der Waals surface area contributed by atoms with Crippen LogP contribution in [-0.2, 0) is 12.8 Å². The third-order valence-electron chi connectivity index (χ3n) is 3.45. The van der Waals surface area contributed by atoms with E-state index in [0.717, 1.165) is 29.6 Å². The second-order valence-electron chi connectivity index (χ2n) is 5.45. The zero-order valence-corrected chi connectivity index (χ0v) is 14.2. The molecule has 112 valence electrons. The SMILES string of the molecule is CC(N)Cc1ccc(N(C)CCc2ccccn2)cc1Br. The van der Waals surface area contributed by atoms with Crippen molar-refractivity contribution in [3.05, 3.63) is 58.3 Å². The number of hydrogen-bond donors (Lipinski definition) is 1. The van der Waals surface area contributed by atoms with E-state index in [9.17, 15) is 0 Å². The topological polar surface area (TPSA) is 42.1 Å². The largest absolute Gasteiger partial charge is 0.374 e. The first-order chi connectivity index (χ1) is 10.1. The van der Waals surface area contributed by atoms with Crippen LogP contribution < -0.4 is 10.6 Å². The standard InChI is InChI=1S/C17H22BrN3/c1-13(19)11-14-6-7-16(12-17(14)18)21(2)10-8-15-5-3-4-9-20-15/h3-7,9,12-13H,8,10-11,19H2,1-2H3. The number of aromatic nitrogens is 1. The number of hydrogen-bond acceptors (Lipinski definition) is 3. The third-order valence-corrected chi connectivity index (χ3v) is 4.19. The summed E-state index contributed by atoms with van der Waals surface area (Å²) in [6.07, 6.45) is 3.67. The molecule has 1 atom stereocenters. The Morgan fingerprint density at radius 1 is 1.29 bits per heavy atom. The Hall–Kier alpha value is -1.39. The number of likely N-dealkylation sites (N-methyl/N-ethyl adjacent to an activating group) is 1. The minimum Gasteiger partial charge on any atom is -0.374 e. The fourth-order valence-electron chi connectivity index (χ4n) is 2.24. The molecule has 2 aromatic rings. The Morgan fingerprint density at radius 2 is 2.10 bits per heavy atom. The molecule has 3 nitrogen and oxygen atoms in total. The molecule has 0 spiro atoms. The van der Waals surface area contributed by atoms with Crippen LogP contribution in [0, 0.1) is 0 Å². The Bertz CT molecular complexity index is 570. The van der Waals surface area contributed by atoms with Crippen LogP contribution in [0.3, 0.4) is 0 Å². The summed E-state index contributed by atoms with van der Waals surface area (Å²) >= 11 is 3.65. The van der Waals surface area contributed by atoms with E-state index < -0.39 is 0 Å². The lowest BCUT2D eigenvalue weighted by molar-refractivity contribution is 0.735. The molecule has 0 aliphatic heterocycles. The lowest BCUT2D eigenvalue weighted by atomic mass is 10.1. The van der Waals surface area contributed by atoms with E-state index in [1.807, 2.05) is 25.3 Å². The molecule has 0 radical (unpaired) electrons. The molecule has 0 aliphatic carbocycles. The second kappa shape index (κ2) is 7.57. The van der Waals surface area contributed by atoms with Gasteiger partial charge in [0, 0.05) is 48.1 Å². The molecular weight excluding hydrogens is 326 g/mol. The van der Waals surface area contributed by atoms with Crippen molar-refractivity contribution in [2.24, 2.45) is 5.73 Å². The number of halogens is 1. The highest BCUT2D eigenvalue weighted by Gasteiger charge is 2.07. The molecule has 0 saturated carbocycles. The van der Waals surface area contributed by atoms with Gasteiger partial charge in [0.1, 0.15) is 0 Å². The Morgan fingerprint density at radius 3 is 2.71 bits per heavy atom. The van der Waals surface area contributed by atoms with Gasteiger partial charge in [-0.15, -0.1) is 0 Å². The quantitative estimate of drug-likeness (QED) is 0.870. The van der Waals surface area contributed by atoms with E-state index in [4.69, 9.17) is 5.73 Å². The molecule has 1 heterocycles. The van der Waals surface area contributed by atoms with Crippen molar-refractivity contribution in [3.63, 3.8) is 0 Å². The molecule has 2 rings (SSSR count). The minimum atomic E-state index is 0.175. The smallest absolute Gasteiger partial charge is 0.0421 e. The summed E-state index contributed by atoms with van der Waals surface area (Å²) < 4.78 is 1.13. The fraction of sp³-hybridized carbons (Fsp3) is 0.353. The van der Waals surface area contributed by atoms with Gasteiger partial charge in [0.2, 0.25) is 0 Å². The summed E-state index contributed by atoms with van der Waals surface area (Å²) in [6.45, 7) is 2.97. The van der Waals surface area contributed by atoms with Gasteiger partial charge in [-0.3, -0.25) is 4.98 Å². The second-order valence-corrected chi connectivity index (χ2v) is 6.30. The van der Waals surface area contributed by atoms with E-state index in [0.29, 0.717) is 0 Å². The van der Waals surface area contributed by atoms with Crippen molar-refractivity contribution in [2.75, 3.05) is 18.5 Å². The van der Waals surface area contributed by atoms with Gasteiger partial charge >= 0.3 is 0 Å². The minimum absolute atomic E-state index is 0.175. The van der Waals surface area contributed by atoms with Gasteiger partial charge in [0.25, 0.3) is 0 Å². The first-order valence-corrected chi connectivity index (χ1v) is 8.00. The van der Waals surface area contributed by atoms with E-state index in [-0.39, 0.29) is 6.04 Å². The first-order valence-electron chi connectivity index (χ1n) is 7.21. The van der Waals surface area contributed by atoms with Crippen molar-refractivity contribution in [1.82, 2.24) is 4.98 Å². The Balaban J connectivity index is 1.99. The van der Waals surface area contributed by atoms with Crippen LogP contribution in [0.2, 0.25) is 0 Å². The van der Waals surface area contributed by atoms with Crippen molar-refractivity contribution in [1.29, 1.82) is 0 Å². The lowest BCUT2D eigenvalue weighted by Crippen LogP contribution is -2.21. The summed E-state index contributed by atoms with van der Waals surface area (Å²) in [5.41, 5.74) is 9.44. The maximum absolute atomic E-state index is 5.87. The van der Waals surface area contributed by atoms with Crippen LogP contribution in [0.25, 0.3) is 0 Å². The van der Waals surface area contributed by atoms with E-state index in [2.05, 4.69) is 57.1 Å². The van der Waals surface area contributed by atoms with E-state index >= 15 is 0 Å². The molecular formula is C17H22BrN3. The molecule has 0 bridgehead atoms. The summed E-state index contributed by atoms with van der Waals surface area (Å²) in [5.74, 6) is 0. The molecule has 0 saturated heterocycles. The lowest BCUT2D eigenvalue weighted by Gasteiger charge is -2.20. The zero-order chi connectivity index (χ0) is 15.2. The number of pyridine rings is 1. The Labute approximate surface area is 135 Å². The Kier molecular flexibility index (Phi) is 5.76. The first kappa shape index (κ1) is 16.0. The highest BCUT2D eigenvalue weighted by molar-refractivity contribution is 9.10. The predicted octanol–water partition coefficient (Wildman–Crippen LogP) is 3.41. The van der Waals surface area contributed by atoms with Crippen LogP contribution in [-0.4, -0.2) is 24.6 Å². The monoisotopic (exact) mass is 347 g/mol. The number of nitrogens with zero attached hydrogens (tertiary/aromatic N) is 2. The van der Waals surface area contributed by atoms with Crippen molar-refractivity contribution >= 4 is 21.6 Å². The summed E-state index contributed by atoms with van der Waals surface area (Å²) in [4.78, 5) is 6.60. The molecule has 1 aromatic heterocycles. The summed E-state index contributed by atoms with van der Waals surface area (Å²) in [7, 11) is 2.11. The zero-order valence-electron chi connectivity index (χ0n) is 12.6. The molecule has 0 fully saturated rings. The van der Waals surface area contributed by atoms with E-state index in [1.54, 1.807) is 0 Å². The van der Waals surface area contributed by atoms with E-state index in [1.165, 1.54) is 11.3 Å². The normalized spacial score (nSPS) is 12.2. The predicted molar refractivity (Wildman–Crippen MR) is 92.7 cm³/mol. The average Bonchev–Trinajstić information content (AvgIpc) is 2.47. The fourth-order valence-corrected chi connectivity index (χ4v) is 2.77. The number of nitrogens with two attached hydrogens (primary N) is 1. The average molecular weight is 348 g/mol. The van der Waals surface area contributed by atoms with Gasteiger partial charge in [-0.1, -0.05) is 28.1 Å². The van der Waals surface area contributed by atoms with Gasteiger partial charge < -0.3 is 10.6 Å². The highest BCUT2D eigenvalue weighted by atomic mass is 79.9. The molecule has 0 amide bonds. The molecule has 1 aromatic carbocycles. The third kappa shape index (κ3) is 4.83. The molecule has 21 heavy (non-hydrogen) atoms. The van der Waals surface area contributed by atoms with Crippen molar-refractivity contribution < 1.29 is 0 Å². The van der Waals surface area contributed by atoms with Gasteiger partial charge in [0.05, 0.1) is 0 Å². The number of rotatable bonds is 6. The molecule has 1 unspecified atom stereocenters. The number of benzene rings is 1. The summed E-state index contributed by atoms with van der Waals surface area (Å²) in [5, 5.41) is 0. The summed E-state index contributed by atoms with van der Waals surface area (Å²) in [6, 6.07) is 12.7. The molecule has 2 N–H and O–H groups in total. The maximum atomic E-state index is 5.87. The van der Waals surface area contributed by atoms with Crippen LogP contribution in [0.1, 0.15) is 18.2 Å². The van der Waals surface area contributed by atoms with Gasteiger partial charge in [-0.25, -0.2) is 0 Å². The highest BCUT2D eigenvalue weighted by Crippen LogP contribution is 2.24. The van der Waals surface area contributed by atoms with Crippen LogP contribution in [0.15, 0.2) is 47.1 Å². The maximum Gasteiger partial charge on any atom is 0.0421 e. The van der Waals surface area contributed by atoms with Gasteiger partial charge in [0.15, 0.2) is 0 Å². The number of anilines is 1. The molecule has 4 heteroatoms. The van der Waals surface area contributed by atoms with Gasteiger partial charge in [-0.05, 0) is 43.2 Å². The van der Waals surface area contributed by atoms with Crippen LogP contribution in [0.4, 0.5) is 5.69 Å². The van der Waals surface area contributed by atoms with Crippen LogP contribution in [0.5, 0.6) is 0 Å².